The van der Waals surface area contributed by atoms with Gasteiger partial charge in [0.15, 0.2) is 23.0 Å². The first-order valence-corrected chi connectivity index (χ1v) is 9.32. The van der Waals surface area contributed by atoms with Crippen LogP contribution >= 0.6 is 0 Å². The van der Waals surface area contributed by atoms with Crippen LogP contribution in [0, 0.1) is 5.92 Å². The minimum Gasteiger partial charge on any atom is -0.486 e. The molecule has 8 heteroatoms. The summed E-state index contributed by atoms with van der Waals surface area (Å²) in [6.45, 7) is 2.31. The topological polar surface area (TPSA) is 90.1 Å². The van der Waals surface area contributed by atoms with Crippen molar-refractivity contribution in [1.29, 1.82) is 0 Å². The van der Waals surface area contributed by atoms with Crippen molar-refractivity contribution in [3.63, 3.8) is 0 Å². The molecular weight excluding hydrogens is 362 g/mol. The van der Waals surface area contributed by atoms with Gasteiger partial charge in [-0.25, -0.2) is 5.43 Å². The molecule has 0 radical (unpaired) electrons. The Morgan fingerprint density at radius 1 is 0.964 bits per heavy atom. The predicted molar refractivity (Wildman–Crippen MR) is 99.2 cm³/mol. The van der Waals surface area contributed by atoms with Crippen LogP contribution in [0.3, 0.4) is 0 Å². The van der Waals surface area contributed by atoms with Crippen LogP contribution in [0.4, 0.5) is 0 Å². The zero-order chi connectivity index (χ0) is 18.9. The zero-order valence-electron chi connectivity index (χ0n) is 15.2. The molecule has 2 aromatic rings. The second-order valence-corrected chi connectivity index (χ2v) is 6.92. The molecule has 1 amide bonds. The Balaban J connectivity index is 1.26. The molecule has 5 rings (SSSR count). The predicted octanol–water partition coefficient (Wildman–Crippen LogP) is 1.27. The number of carbonyl (C=O) groups excluding carboxylic acids is 1. The van der Waals surface area contributed by atoms with E-state index in [-0.39, 0.29) is 24.7 Å². The summed E-state index contributed by atoms with van der Waals surface area (Å²) < 4.78 is 21.9. The molecule has 2 unspecified atom stereocenters. The number of hydrogen-bond acceptors (Lipinski definition) is 7. The van der Waals surface area contributed by atoms with Crippen molar-refractivity contribution in [3.8, 4) is 23.0 Å². The Kier molecular flexibility index (Phi) is 4.42. The minimum atomic E-state index is -0.239. The third-order valence-electron chi connectivity index (χ3n) is 5.15. The molecule has 0 aliphatic carbocycles. The van der Waals surface area contributed by atoms with Crippen molar-refractivity contribution in [2.45, 2.75) is 12.6 Å². The van der Waals surface area contributed by atoms with E-state index in [9.17, 15) is 4.79 Å². The van der Waals surface area contributed by atoms with Gasteiger partial charge in [0, 0.05) is 13.1 Å². The molecule has 0 bridgehead atoms. The van der Waals surface area contributed by atoms with Crippen LogP contribution in [0.1, 0.15) is 17.2 Å². The molecule has 0 saturated carbocycles. The highest BCUT2D eigenvalue weighted by Gasteiger charge is 2.34. The summed E-state index contributed by atoms with van der Waals surface area (Å²) in [6, 6.07) is 11.3. The van der Waals surface area contributed by atoms with E-state index in [1.54, 1.807) is 0 Å². The maximum absolute atomic E-state index is 12.8. The SMILES string of the molecule is O=C(NCc1ccc2c(c1)OCO2)C1CNNC1c1ccc2c(c1)OCCO2. The number of ether oxygens (including phenoxy) is 4. The monoisotopic (exact) mass is 383 g/mol. The number of amides is 1. The van der Waals surface area contributed by atoms with Gasteiger partial charge in [-0.3, -0.25) is 10.2 Å². The van der Waals surface area contributed by atoms with Crippen LogP contribution in [-0.2, 0) is 11.3 Å². The van der Waals surface area contributed by atoms with Gasteiger partial charge in [-0.2, -0.15) is 0 Å². The van der Waals surface area contributed by atoms with Gasteiger partial charge in [0.1, 0.15) is 13.2 Å². The Bertz CT molecular complexity index is 903. The third-order valence-corrected chi connectivity index (χ3v) is 5.15. The van der Waals surface area contributed by atoms with E-state index in [0.717, 1.165) is 28.4 Å². The van der Waals surface area contributed by atoms with E-state index in [4.69, 9.17) is 18.9 Å². The second kappa shape index (κ2) is 7.21. The van der Waals surface area contributed by atoms with Crippen LogP contribution in [0.15, 0.2) is 36.4 Å². The van der Waals surface area contributed by atoms with E-state index >= 15 is 0 Å². The number of rotatable bonds is 4. The van der Waals surface area contributed by atoms with Crippen LogP contribution in [-0.4, -0.2) is 32.5 Å². The molecule has 1 fully saturated rings. The normalized spacial score (nSPS) is 22.1. The van der Waals surface area contributed by atoms with Gasteiger partial charge in [-0.1, -0.05) is 12.1 Å². The smallest absolute Gasteiger partial charge is 0.231 e. The highest BCUT2D eigenvalue weighted by atomic mass is 16.7. The van der Waals surface area contributed by atoms with Crippen molar-refractivity contribution in [2.24, 2.45) is 5.92 Å². The van der Waals surface area contributed by atoms with Crippen LogP contribution in [0.25, 0.3) is 0 Å². The minimum absolute atomic E-state index is 0.0185. The Morgan fingerprint density at radius 3 is 2.64 bits per heavy atom. The lowest BCUT2D eigenvalue weighted by Gasteiger charge is -2.22. The average Bonchev–Trinajstić information content (AvgIpc) is 3.40. The second-order valence-electron chi connectivity index (χ2n) is 6.92. The first-order valence-electron chi connectivity index (χ1n) is 9.32. The summed E-state index contributed by atoms with van der Waals surface area (Å²) in [5, 5.41) is 3.02. The summed E-state index contributed by atoms with van der Waals surface area (Å²) in [7, 11) is 0. The molecule has 2 atom stereocenters. The maximum atomic E-state index is 12.8. The molecule has 3 N–H and O–H groups in total. The van der Waals surface area contributed by atoms with Crippen molar-refractivity contribution >= 4 is 5.91 Å². The lowest BCUT2D eigenvalue weighted by atomic mass is 9.93. The van der Waals surface area contributed by atoms with Crippen LogP contribution in [0.2, 0.25) is 0 Å². The summed E-state index contributed by atoms with van der Waals surface area (Å²) in [5.74, 6) is 2.65. The molecule has 0 spiro atoms. The molecular formula is C20H21N3O5. The van der Waals surface area contributed by atoms with Gasteiger partial charge in [0.05, 0.1) is 12.0 Å². The number of carbonyl (C=O) groups is 1. The quantitative estimate of drug-likeness (QED) is 0.733. The van der Waals surface area contributed by atoms with Gasteiger partial charge in [0.2, 0.25) is 12.7 Å². The average molecular weight is 383 g/mol. The van der Waals surface area contributed by atoms with Gasteiger partial charge in [0.25, 0.3) is 0 Å². The summed E-state index contributed by atoms with van der Waals surface area (Å²) in [4.78, 5) is 12.8. The Morgan fingerprint density at radius 2 is 1.71 bits per heavy atom. The number of hydrazine groups is 1. The first kappa shape index (κ1) is 17.2. The standard InChI is InChI=1S/C20H21N3O5/c24-20(21-9-12-1-3-16-17(7-12)28-11-27-16)14-10-22-23-19(14)13-2-4-15-18(8-13)26-6-5-25-15/h1-4,7-8,14,19,22-23H,5-6,9-11H2,(H,21,24). The van der Waals surface area contributed by atoms with Gasteiger partial charge in [-0.15, -0.1) is 0 Å². The largest absolute Gasteiger partial charge is 0.486 e. The van der Waals surface area contributed by atoms with Gasteiger partial charge >= 0.3 is 0 Å². The molecule has 3 heterocycles. The van der Waals surface area contributed by atoms with E-state index < -0.39 is 0 Å². The molecule has 146 valence electrons. The van der Waals surface area contributed by atoms with Gasteiger partial charge < -0.3 is 24.3 Å². The molecule has 3 aliphatic rings. The van der Waals surface area contributed by atoms with Crippen molar-refractivity contribution < 1.29 is 23.7 Å². The van der Waals surface area contributed by atoms with E-state index in [0.29, 0.717) is 32.1 Å². The molecule has 2 aromatic carbocycles. The zero-order valence-corrected chi connectivity index (χ0v) is 15.2. The van der Waals surface area contributed by atoms with E-state index in [1.165, 1.54) is 0 Å². The first-order chi connectivity index (χ1) is 13.8. The number of benzene rings is 2. The fourth-order valence-electron chi connectivity index (χ4n) is 3.68. The number of nitrogens with one attached hydrogen (secondary N) is 3. The summed E-state index contributed by atoms with van der Waals surface area (Å²) in [5.41, 5.74) is 8.24. The van der Waals surface area contributed by atoms with Crippen molar-refractivity contribution in [2.75, 3.05) is 26.6 Å². The number of fused-ring (bicyclic) bond motifs is 2. The third kappa shape index (κ3) is 3.21. The van der Waals surface area contributed by atoms with Crippen molar-refractivity contribution in [3.05, 3.63) is 47.5 Å². The number of hydrogen-bond donors (Lipinski definition) is 3. The van der Waals surface area contributed by atoms with E-state index in [1.807, 2.05) is 36.4 Å². The van der Waals surface area contributed by atoms with Gasteiger partial charge in [-0.05, 0) is 35.4 Å². The lowest BCUT2D eigenvalue weighted by molar-refractivity contribution is -0.125. The highest BCUT2D eigenvalue weighted by Crippen LogP contribution is 2.35. The fourth-order valence-corrected chi connectivity index (χ4v) is 3.68. The van der Waals surface area contributed by atoms with E-state index in [2.05, 4.69) is 16.2 Å². The highest BCUT2D eigenvalue weighted by molar-refractivity contribution is 5.80. The molecule has 28 heavy (non-hydrogen) atoms. The summed E-state index contributed by atoms with van der Waals surface area (Å²) in [6.07, 6.45) is 0. The molecule has 3 aliphatic heterocycles. The summed E-state index contributed by atoms with van der Waals surface area (Å²) >= 11 is 0. The van der Waals surface area contributed by atoms with Crippen LogP contribution in [0.5, 0.6) is 23.0 Å². The molecule has 0 aromatic heterocycles. The van der Waals surface area contributed by atoms with Crippen molar-refractivity contribution in [1.82, 2.24) is 16.2 Å². The molecule has 1 saturated heterocycles. The maximum Gasteiger partial charge on any atom is 0.231 e. The fraction of sp³-hybridized carbons (Fsp3) is 0.350. The Labute approximate surface area is 162 Å². The molecule has 8 nitrogen and oxygen atoms in total. The Hall–Kier alpha value is -2.97. The van der Waals surface area contributed by atoms with Crippen LogP contribution < -0.4 is 35.1 Å². The lowest BCUT2D eigenvalue weighted by Crippen LogP contribution is -2.34.